The van der Waals surface area contributed by atoms with Gasteiger partial charge in [-0.15, -0.1) is 0 Å². The van der Waals surface area contributed by atoms with Crippen molar-refractivity contribution in [1.29, 1.82) is 0 Å². The Morgan fingerprint density at radius 3 is 1.52 bits per heavy atom. The van der Waals surface area contributed by atoms with Gasteiger partial charge in [0.15, 0.2) is 0 Å². The van der Waals surface area contributed by atoms with Crippen molar-refractivity contribution in [2.24, 2.45) is 0 Å². The fraction of sp³-hybridized carbons (Fsp3) is 0.712. The number of amides is 1. The van der Waals surface area contributed by atoms with Gasteiger partial charge >= 0.3 is 0 Å². The SMILES string of the molecule is CC/C=C\C/C=C\C/C=C\C/C=C\CCCCCCCCC(=O)NC(COP(=O)([O-])OCC[N+](C)(C)C)C(O)/C=C/CC/C=C/CC/C=C/CCCCCCCCCCCC. The summed E-state index contributed by atoms with van der Waals surface area (Å²) in [6.07, 6.45) is 59.2. The molecule has 0 heterocycles. The van der Waals surface area contributed by atoms with Gasteiger partial charge in [0, 0.05) is 6.42 Å². The molecule has 0 aliphatic heterocycles. The van der Waals surface area contributed by atoms with Crippen LogP contribution in [0, 0.1) is 0 Å². The van der Waals surface area contributed by atoms with Crippen LogP contribution in [0.2, 0.25) is 0 Å². The van der Waals surface area contributed by atoms with Crippen LogP contribution < -0.4 is 10.2 Å². The second kappa shape index (κ2) is 43.0. The number of likely N-dealkylation sites (N-methyl/N-ethyl adjacent to an activating group) is 1. The second-order valence-electron chi connectivity index (χ2n) is 17.4. The molecular weight excluding hydrogens is 780 g/mol. The van der Waals surface area contributed by atoms with Crippen LogP contribution in [0.4, 0.5) is 0 Å². The maximum absolute atomic E-state index is 12.9. The maximum Gasteiger partial charge on any atom is 0.268 e. The fourth-order valence-electron chi connectivity index (χ4n) is 6.47. The average molecular weight is 873 g/mol. The molecule has 0 radical (unpaired) electrons. The van der Waals surface area contributed by atoms with E-state index in [1.807, 2.05) is 27.2 Å². The smallest absolute Gasteiger partial charge is 0.268 e. The number of allylic oxidation sites excluding steroid dienone is 13. The molecule has 3 atom stereocenters. The molecular formula is C52H93N2O6P. The zero-order chi connectivity index (χ0) is 45.0. The molecule has 0 saturated carbocycles. The van der Waals surface area contributed by atoms with Gasteiger partial charge in [-0.3, -0.25) is 9.36 Å². The molecule has 0 aromatic carbocycles. The van der Waals surface area contributed by atoms with Crippen molar-refractivity contribution in [1.82, 2.24) is 5.32 Å². The van der Waals surface area contributed by atoms with Gasteiger partial charge < -0.3 is 28.8 Å². The number of quaternary nitrogens is 1. The van der Waals surface area contributed by atoms with Crippen LogP contribution in [0.15, 0.2) is 85.1 Å². The molecule has 9 heteroatoms. The maximum atomic E-state index is 12.9. The molecule has 1 amide bonds. The van der Waals surface area contributed by atoms with Crippen LogP contribution in [-0.2, 0) is 18.4 Å². The van der Waals surface area contributed by atoms with E-state index in [2.05, 4.69) is 92.1 Å². The van der Waals surface area contributed by atoms with Crippen molar-refractivity contribution in [3.8, 4) is 0 Å². The Morgan fingerprint density at radius 1 is 0.590 bits per heavy atom. The van der Waals surface area contributed by atoms with Crippen molar-refractivity contribution < 1.29 is 32.9 Å². The number of phosphoric acid groups is 1. The second-order valence-corrected chi connectivity index (χ2v) is 18.8. The van der Waals surface area contributed by atoms with Gasteiger partial charge in [0.2, 0.25) is 5.91 Å². The first-order chi connectivity index (χ1) is 29.5. The molecule has 8 nitrogen and oxygen atoms in total. The van der Waals surface area contributed by atoms with Gasteiger partial charge in [-0.2, -0.15) is 0 Å². The van der Waals surface area contributed by atoms with Gasteiger partial charge in [-0.05, 0) is 83.5 Å². The van der Waals surface area contributed by atoms with E-state index in [0.29, 0.717) is 17.4 Å². The highest BCUT2D eigenvalue weighted by Crippen LogP contribution is 2.38. The number of rotatable bonds is 43. The number of nitrogens with one attached hydrogen (secondary N) is 1. The molecule has 0 bridgehead atoms. The number of hydrogen-bond donors (Lipinski definition) is 2. The van der Waals surface area contributed by atoms with Crippen LogP contribution >= 0.6 is 7.82 Å². The molecule has 0 saturated heterocycles. The third-order valence-electron chi connectivity index (χ3n) is 10.3. The Bertz CT molecular complexity index is 1260. The topological polar surface area (TPSA) is 108 Å². The third-order valence-corrected chi connectivity index (χ3v) is 11.3. The molecule has 0 rings (SSSR count). The summed E-state index contributed by atoms with van der Waals surface area (Å²) in [4.78, 5) is 25.4. The van der Waals surface area contributed by atoms with Crippen LogP contribution in [0.25, 0.3) is 0 Å². The zero-order valence-electron chi connectivity index (χ0n) is 39.8. The number of aliphatic hydroxyl groups is 1. The van der Waals surface area contributed by atoms with Gasteiger partial charge in [0.05, 0.1) is 39.9 Å². The lowest BCUT2D eigenvalue weighted by Gasteiger charge is -2.29. The number of carbonyl (C=O) groups excluding carboxylic acids is 1. The predicted molar refractivity (Wildman–Crippen MR) is 260 cm³/mol. The molecule has 0 aliphatic carbocycles. The Labute approximate surface area is 376 Å². The number of hydrogen-bond acceptors (Lipinski definition) is 6. The van der Waals surface area contributed by atoms with Crippen molar-refractivity contribution in [3.63, 3.8) is 0 Å². The van der Waals surface area contributed by atoms with Crippen molar-refractivity contribution in [3.05, 3.63) is 85.1 Å². The average Bonchev–Trinajstić information content (AvgIpc) is 3.21. The van der Waals surface area contributed by atoms with E-state index >= 15 is 0 Å². The molecule has 0 aliphatic rings. The number of nitrogens with zero attached hydrogens (tertiary/aromatic N) is 1. The predicted octanol–water partition coefficient (Wildman–Crippen LogP) is 13.5. The summed E-state index contributed by atoms with van der Waals surface area (Å²) in [5, 5.41) is 13.8. The lowest BCUT2D eigenvalue weighted by atomic mass is 10.1. The van der Waals surface area contributed by atoms with Crippen LogP contribution in [0.5, 0.6) is 0 Å². The number of unbranched alkanes of at least 4 members (excludes halogenated alkanes) is 18. The summed E-state index contributed by atoms with van der Waals surface area (Å²) in [6.45, 7) is 4.48. The van der Waals surface area contributed by atoms with Gasteiger partial charge in [0.25, 0.3) is 7.82 Å². The highest BCUT2D eigenvalue weighted by molar-refractivity contribution is 7.45. The normalized spacial score (nSPS) is 14.9. The Balaban J connectivity index is 4.48. The molecule has 352 valence electrons. The minimum absolute atomic E-state index is 0.0165. The van der Waals surface area contributed by atoms with Gasteiger partial charge in [0.1, 0.15) is 13.2 Å². The van der Waals surface area contributed by atoms with Crippen molar-refractivity contribution >= 4 is 13.7 Å². The van der Waals surface area contributed by atoms with E-state index in [1.165, 1.54) is 77.0 Å². The van der Waals surface area contributed by atoms with Crippen LogP contribution in [-0.4, -0.2) is 68.5 Å². The summed E-state index contributed by atoms with van der Waals surface area (Å²) >= 11 is 0. The molecule has 0 aromatic heterocycles. The molecule has 3 unspecified atom stereocenters. The summed E-state index contributed by atoms with van der Waals surface area (Å²) in [5.41, 5.74) is 0. The van der Waals surface area contributed by atoms with E-state index in [9.17, 15) is 19.4 Å². The van der Waals surface area contributed by atoms with Crippen molar-refractivity contribution in [2.75, 3.05) is 40.9 Å². The first-order valence-corrected chi connectivity index (χ1v) is 25.9. The Morgan fingerprint density at radius 2 is 1.02 bits per heavy atom. The highest BCUT2D eigenvalue weighted by atomic mass is 31.2. The summed E-state index contributed by atoms with van der Waals surface area (Å²) in [6, 6.07) is -0.922. The molecule has 0 fully saturated rings. The quantitative estimate of drug-likeness (QED) is 0.0273. The van der Waals surface area contributed by atoms with Crippen molar-refractivity contribution in [2.45, 2.75) is 199 Å². The first-order valence-electron chi connectivity index (χ1n) is 24.4. The standard InChI is InChI=1S/C52H93N2O6P/c1-6-8-10-12-14-16-18-20-22-24-26-28-29-31-33-35-37-39-41-43-45-51(55)50(49-60-61(57,58)59-48-47-54(3,4)5)53-52(56)46-44-42-40-38-36-34-32-30-27-25-23-21-19-17-15-13-11-9-7-2/h9,11,15,17,21,23,27-30,35,37,43,45,50-51,55H,6-8,10,12-14,16,18-20,22,24-26,31-34,36,38-42,44,46-49H2,1-5H3,(H-,53,56,57,58)/b11-9-,17-15-,23-21-,29-28+,30-27-,37-35+,45-43+. The largest absolute Gasteiger partial charge is 0.756 e. The zero-order valence-corrected chi connectivity index (χ0v) is 40.7. The lowest BCUT2D eigenvalue weighted by molar-refractivity contribution is -0.870. The van der Waals surface area contributed by atoms with E-state index < -0.39 is 26.6 Å². The van der Waals surface area contributed by atoms with E-state index in [-0.39, 0.29) is 12.5 Å². The minimum Gasteiger partial charge on any atom is -0.756 e. The Hall–Kier alpha value is -2.32. The molecule has 61 heavy (non-hydrogen) atoms. The molecule has 2 N–H and O–H groups in total. The van der Waals surface area contributed by atoms with Gasteiger partial charge in [-0.25, -0.2) is 0 Å². The summed E-state index contributed by atoms with van der Waals surface area (Å²) < 4.78 is 23.2. The van der Waals surface area contributed by atoms with E-state index in [4.69, 9.17) is 9.05 Å². The highest BCUT2D eigenvalue weighted by Gasteiger charge is 2.23. The third kappa shape index (κ3) is 45.5. The minimum atomic E-state index is -4.61. The molecule has 0 spiro atoms. The number of carbonyl (C=O) groups is 1. The van der Waals surface area contributed by atoms with E-state index in [1.54, 1.807) is 6.08 Å². The Kier molecular flexibility index (Phi) is 41.3. The van der Waals surface area contributed by atoms with E-state index in [0.717, 1.165) is 89.9 Å². The fourth-order valence-corrected chi connectivity index (χ4v) is 7.19. The summed E-state index contributed by atoms with van der Waals surface area (Å²) in [7, 11) is 1.21. The molecule has 0 aromatic rings. The monoisotopic (exact) mass is 873 g/mol. The van der Waals surface area contributed by atoms with Gasteiger partial charge in [-0.1, -0.05) is 182 Å². The summed E-state index contributed by atoms with van der Waals surface area (Å²) in [5.74, 6) is -0.229. The van der Waals surface area contributed by atoms with Crippen LogP contribution in [0.3, 0.4) is 0 Å². The number of aliphatic hydroxyl groups excluding tert-OH is 1. The van der Waals surface area contributed by atoms with Crippen LogP contribution in [0.1, 0.15) is 187 Å². The number of phosphoric ester groups is 1. The lowest BCUT2D eigenvalue weighted by Crippen LogP contribution is -2.45. The first kappa shape index (κ1) is 58.7.